The molecule has 0 heterocycles. The Kier molecular flexibility index (Phi) is 4.63. The number of hydrogen-bond donors (Lipinski definition) is 2. The van der Waals surface area contributed by atoms with E-state index in [0.717, 1.165) is 21.5 Å². The number of halogens is 1. The van der Waals surface area contributed by atoms with E-state index < -0.39 is 0 Å². The van der Waals surface area contributed by atoms with Crippen molar-refractivity contribution in [1.82, 2.24) is 0 Å². The molecule has 0 aliphatic rings. The SMILES string of the molecule is CN(C)c1cccc(NC(=O)Nc2ccc(Br)cc2)c1. The largest absolute Gasteiger partial charge is 0.378 e. The zero-order valence-electron chi connectivity index (χ0n) is 11.4. The Labute approximate surface area is 126 Å². The monoisotopic (exact) mass is 333 g/mol. The van der Waals surface area contributed by atoms with Gasteiger partial charge < -0.3 is 15.5 Å². The highest BCUT2D eigenvalue weighted by Crippen LogP contribution is 2.18. The van der Waals surface area contributed by atoms with Gasteiger partial charge in [0.05, 0.1) is 0 Å². The van der Waals surface area contributed by atoms with Gasteiger partial charge in [-0.1, -0.05) is 22.0 Å². The van der Waals surface area contributed by atoms with Crippen LogP contribution in [0, 0.1) is 0 Å². The lowest BCUT2D eigenvalue weighted by molar-refractivity contribution is 0.262. The fourth-order valence-corrected chi connectivity index (χ4v) is 1.95. The summed E-state index contributed by atoms with van der Waals surface area (Å²) in [5, 5.41) is 5.59. The maximum Gasteiger partial charge on any atom is 0.323 e. The molecule has 104 valence electrons. The molecule has 2 rings (SSSR count). The Hall–Kier alpha value is -2.01. The number of nitrogens with one attached hydrogen (secondary N) is 2. The van der Waals surface area contributed by atoms with Gasteiger partial charge in [-0.15, -0.1) is 0 Å². The molecule has 2 aromatic rings. The van der Waals surface area contributed by atoms with Crippen molar-refractivity contribution in [3.05, 3.63) is 53.0 Å². The van der Waals surface area contributed by atoms with E-state index in [1.165, 1.54) is 0 Å². The van der Waals surface area contributed by atoms with Gasteiger partial charge >= 0.3 is 6.03 Å². The van der Waals surface area contributed by atoms with Crippen LogP contribution in [-0.2, 0) is 0 Å². The fourth-order valence-electron chi connectivity index (χ4n) is 1.69. The first-order valence-electron chi connectivity index (χ1n) is 6.15. The van der Waals surface area contributed by atoms with Crippen LogP contribution in [0.2, 0.25) is 0 Å². The predicted octanol–water partition coefficient (Wildman–Crippen LogP) is 4.16. The molecule has 0 radical (unpaired) electrons. The van der Waals surface area contributed by atoms with Gasteiger partial charge in [0, 0.05) is 35.6 Å². The second-order valence-electron chi connectivity index (χ2n) is 4.53. The normalized spacial score (nSPS) is 9.95. The number of benzene rings is 2. The second-order valence-corrected chi connectivity index (χ2v) is 5.45. The van der Waals surface area contributed by atoms with Crippen LogP contribution in [0.4, 0.5) is 21.9 Å². The van der Waals surface area contributed by atoms with Gasteiger partial charge in [-0.25, -0.2) is 4.79 Å². The van der Waals surface area contributed by atoms with Gasteiger partial charge in [-0.05, 0) is 42.5 Å². The summed E-state index contributed by atoms with van der Waals surface area (Å²) in [6.45, 7) is 0. The summed E-state index contributed by atoms with van der Waals surface area (Å²) in [5.41, 5.74) is 2.53. The van der Waals surface area contributed by atoms with Crippen molar-refractivity contribution >= 4 is 39.0 Å². The van der Waals surface area contributed by atoms with Gasteiger partial charge in [0.25, 0.3) is 0 Å². The minimum atomic E-state index is -0.261. The first kappa shape index (κ1) is 14.4. The van der Waals surface area contributed by atoms with E-state index in [1.54, 1.807) is 0 Å². The molecular formula is C15H16BrN3O. The molecule has 0 unspecified atom stereocenters. The zero-order valence-corrected chi connectivity index (χ0v) is 12.9. The van der Waals surface area contributed by atoms with Crippen LogP contribution < -0.4 is 15.5 Å². The van der Waals surface area contributed by atoms with E-state index in [2.05, 4.69) is 26.6 Å². The standard InChI is InChI=1S/C15H16BrN3O/c1-19(2)14-5-3-4-13(10-14)18-15(20)17-12-8-6-11(16)7-9-12/h3-10H,1-2H3,(H2,17,18,20). The minimum Gasteiger partial charge on any atom is -0.378 e. The Morgan fingerprint density at radius 1 is 1.00 bits per heavy atom. The summed E-state index contributed by atoms with van der Waals surface area (Å²) in [5.74, 6) is 0. The molecule has 0 aromatic heterocycles. The van der Waals surface area contributed by atoms with Crippen molar-refractivity contribution in [2.75, 3.05) is 29.6 Å². The lowest BCUT2D eigenvalue weighted by Gasteiger charge is -2.14. The number of anilines is 3. The van der Waals surface area contributed by atoms with E-state index in [-0.39, 0.29) is 6.03 Å². The van der Waals surface area contributed by atoms with Gasteiger partial charge in [0.2, 0.25) is 0 Å². The van der Waals surface area contributed by atoms with Crippen molar-refractivity contribution < 1.29 is 4.79 Å². The highest BCUT2D eigenvalue weighted by Gasteiger charge is 2.04. The summed E-state index contributed by atoms with van der Waals surface area (Å²) < 4.78 is 0.974. The molecular weight excluding hydrogens is 318 g/mol. The molecule has 0 saturated carbocycles. The van der Waals surface area contributed by atoms with Gasteiger partial charge in [-0.2, -0.15) is 0 Å². The fraction of sp³-hybridized carbons (Fsp3) is 0.133. The Balaban J connectivity index is 2.01. The highest BCUT2D eigenvalue weighted by molar-refractivity contribution is 9.10. The summed E-state index contributed by atoms with van der Waals surface area (Å²) in [7, 11) is 3.92. The average Bonchev–Trinajstić information content (AvgIpc) is 2.41. The van der Waals surface area contributed by atoms with E-state index in [1.807, 2.05) is 67.5 Å². The third-order valence-corrected chi connectivity index (χ3v) is 3.25. The highest BCUT2D eigenvalue weighted by atomic mass is 79.9. The Morgan fingerprint density at radius 2 is 1.65 bits per heavy atom. The smallest absolute Gasteiger partial charge is 0.323 e. The maximum atomic E-state index is 11.9. The average molecular weight is 334 g/mol. The van der Waals surface area contributed by atoms with Crippen LogP contribution in [0.3, 0.4) is 0 Å². The summed E-state index contributed by atoms with van der Waals surface area (Å²) in [4.78, 5) is 13.9. The van der Waals surface area contributed by atoms with Crippen LogP contribution in [0.15, 0.2) is 53.0 Å². The summed E-state index contributed by atoms with van der Waals surface area (Å²) >= 11 is 3.35. The Bertz CT molecular complexity index is 596. The number of urea groups is 1. The molecule has 20 heavy (non-hydrogen) atoms. The van der Waals surface area contributed by atoms with E-state index in [9.17, 15) is 4.79 Å². The van der Waals surface area contributed by atoms with Gasteiger partial charge in [0.1, 0.15) is 0 Å². The molecule has 2 N–H and O–H groups in total. The zero-order chi connectivity index (χ0) is 14.5. The van der Waals surface area contributed by atoms with Crippen LogP contribution in [0.25, 0.3) is 0 Å². The lowest BCUT2D eigenvalue weighted by atomic mass is 10.2. The molecule has 0 saturated heterocycles. The van der Waals surface area contributed by atoms with Crippen molar-refractivity contribution in [3.63, 3.8) is 0 Å². The maximum absolute atomic E-state index is 11.9. The molecule has 0 aliphatic heterocycles. The molecule has 0 fully saturated rings. The van der Waals surface area contributed by atoms with E-state index >= 15 is 0 Å². The topological polar surface area (TPSA) is 44.4 Å². The van der Waals surface area contributed by atoms with Gasteiger partial charge in [-0.3, -0.25) is 0 Å². The van der Waals surface area contributed by atoms with Crippen molar-refractivity contribution in [1.29, 1.82) is 0 Å². The van der Waals surface area contributed by atoms with Crippen molar-refractivity contribution in [3.8, 4) is 0 Å². The number of hydrogen-bond acceptors (Lipinski definition) is 2. The first-order valence-corrected chi connectivity index (χ1v) is 6.95. The van der Waals surface area contributed by atoms with Crippen molar-refractivity contribution in [2.45, 2.75) is 0 Å². The van der Waals surface area contributed by atoms with Crippen LogP contribution in [0.1, 0.15) is 0 Å². The summed E-state index contributed by atoms with van der Waals surface area (Å²) in [6.07, 6.45) is 0. The van der Waals surface area contributed by atoms with E-state index in [4.69, 9.17) is 0 Å². The number of amides is 2. The molecule has 2 amide bonds. The predicted molar refractivity (Wildman–Crippen MR) is 87.6 cm³/mol. The van der Waals surface area contributed by atoms with Crippen molar-refractivity contribution in [2.24, 2.45) is 0 Å². The molecule has 0 bridgehead atoms. The summed E-state index contributed by atoms with van der Waals surface area (Å²) in [6, 6.07) is 14.8. The van der Waals surface area contributed by atoms with Crippen LogP contribution in [-0.4, -0.2) is 20.1 Å². The molecule has 0 spiro atoms. The molecule has 0 atom stereocenters. The number of nitrogens with zero attached hydrogens (tertiary/aromatic N) is 1. The number of carbonyl (C=O) groups is 1. The Morgan fingerprint density at radius 3 is 2.30 bits per heavy atom. The quantitative estimate of drug-likeness (QED) is 0.885. The van der Waals surface area contributed by atoms with Gasteiger partial charge in [0.15, 0.2) is 0 Å². The molecule has 0 aliphatic carbocycles. The third kappa shape index (κ3) is 3.99. The lowest BCUT2D eigenvalue weighted by Crippen LogP contribution is -2.19. The molecule has 2 aromatic carbocycles. The first-order chi connectivity index (χ1) is 9.54. The van der Waals surface area contributed by atoms with Crippen LogP contribution >= 0.6 is 15.9 Å². The van der Waals surface area contributed by atoms with Crippen LogP contribution in [0.5, 0.6) is 0 Å². The third-order valence-electron chi connectivity index (χ3n) is 2.72. The number of carbonyl (C=O) groups excluding carboxylic acids is 1. The second kappa shape index (κ2) is 6.43. The molecule has 4 nitrogen and oxygen atoms in total. The molecule has 5 heteroatoms. The number of rotatable bonds is 3. The minimum absolute atomic E-state index is 0.261. The van der Waals surface area contributed by atoms with E-state index in [0.29, 0.717) is 0 Å².